The number of rotatable bonds is 2. The molecule has 0 radical (unpaired) electrons. The number of phenolic OH excluding ortho intramolecular Hbond substituents is 1. The predicted molar refractivity (Wildman–Crippen MR) is 106 cm³/mol. The first-order valence-corrected chi connectivity index (χ1v) is 8.88. The molecular formula is C21H15N3O5. The number of anilines is 1. The quantitative estimate of drug-likeness (QED) is 0.531. The maximum Gasteiger partial charge on any atom is 0.327 e. The number of hydrogen-bond donors (Lipinski definition) is 4. The largest absolute Gasteiger partial charge is 0.504 e. The average Bonchev–Trinajstić information content (AvgIpc) is 2.98. The molecule has 1 aliphatic carbocycles. The second-order valence-corrected chi connectivity index (χ2v) is 6.85. The molecule has 144 valence electrons. The zero-order chi connectivity index (χ0) is 20.3. The number of Topliss-reactive ketones (excluding diaryl/α,β-unsaturated/α-hetero) is 1. The number of ether oxygens (including phenoxy) is 1. The molecule has 3 aromatic rings. The Kier molecular flexibility index (Phi) is 3.51. The van der Waals surface area contributed by atoms with Gasteiger partial charge in [0.15, 0.2) is 17.3 Å². The Morgan fingerprint density at radius 2 is 1.76 bits per heavy atom. The van der Waals surface area contributed by atoms with Crippen LogP contribution in [0, 0.1) is 0 Å². The summed E-state index contributed by atoms with van der Waals surface area (Å²) >= 11 is 0. The molecule has 1 aliphatic heterocycles. The van der Waals surface area contributed by atoms with Crippen LogP contribution < -0.4 is 21.3 Å². The van der Waals surface area contributed by atoms with E-state index in [1.807, 2.05) is 6.07 Å². The van der Waals surface area contributed by atoms with Gasteiger partial charge in [0.25, 0.3) is 5.56 Å². The van der Waals surface area contributed by atoms with Crippen LogP contribution in [0.2, 0.25) is 0 Å². The smallest absolute Gasteiger partial charge is 0.327 e. The van der Waals surface area contributed by atoms with Gasteiger partial charge < -0.3 is 15.2 Å². The Hall–Kier alpha value is -4.07. The van der Waals surface area contributed by atoms with E-state index in [4.69, 9.17) is 4.74 Å². The summed E-state index contributed by atoms with van der Waals surface area (Å²) in [6.07, 6.45) is 0. The minimum absolute atomic E-state index is 0.115. The number of hydrogen-bond acceptors (Lipinski definition) is 6. The number of fused-ring (bicyclic) bond motifs is 3. The summed E-state index contributed by atoms with van der Waals surface area (Å²) in [5.74, 6) is -0.606. The van der Waals surface area contributed by atoms with E-state index in [1.165, 1.54) is 13.2 Å². The van der Waals surface area contributed by atoms with Gasteiger partial charge in [0, 0.05) is 22.6 Å². The highest BCUT2D eigenvalue weighted by atomic mass is 16.5. The van der Waals surface area contributed by atoms with Gasteiger partial charge >= 0.3 is 5.69 Å². The molecule has 0 unspecified atom stereocenters. The maximum atomic E-state index is 13.2. The summed E-state index contributed by atoms with van der Waals surface area (Å²) in [4.78, 5) is 42.6. The van der Waals surface area contributed by atoms with Crippen molar-refractivity contribution in [3.63, 3.8) is 0 Å². The van der Waals surface area contributed by atoms with E-state index in [-0.39, 0.29) is 28.7 Å². The van der Waals surface area contributed by atoms with Crippen molar-refractivity contribution < 1.29 is 14.6 Å². The van der Waals surface area contributed by atoms with Crippen LogP contribution in [0.1, 0.15) is 33.0 Å². The number of carbonyl (C=O) groups is 1. The predicted octanol–water partition coefficient (Wildman–Crippen LogP) is 1.94. The van der Waals surface area contributed by atoms with Crippen LogP contribution in [0.4, 0.5) is 5.82 Å². The number of ketones is 1. The lowest BCUT2D eigenvalue weighted by atomic mass is 9.81. The molecule has 0 saturated heterocycles. The van der Waals surface area contributed by atoms with Crippen LogP contribution in [-0.4, -0.2) is 28.0 Å². The van der Waals surface area contributed by atoms with Crippen molar-refractivity contribution in [2.24, 2.45) is 0 Å². The van der Waals surface area contributed by atoms with Crippen molar-refractivity contribution in [3.05, 3.63) is 91.1 Å². The van der Waals surface area contributed by atoms with E-state index >= 15 is 0 Å². The Labute approximate surface area is 163 Å². The molecule has 8 nitrogen and oxygen atoms in total. The number of benzene rings is 2. The molecular weight excluding hydrogens is 374 g/mol. The lowest BCUT2D eigenvalue weighted by Gasteiger charge is -2.27. The number of carbonyl (C=O) groups excluding carboxylic acids is 1. The topological polar surface area (TPSA) is 124 Å². The van der Waals surface area contributed by atoms with Crippen LogP contribution in [-0.2, 0) is 0 Å². The first kappa shape index (κ1) is 17.1. The highest BCUT2D eigenvalue weighted by molar-refractivity contribution is 6.23. The van der Waals surface area contributed by atoms with Crippen LogP contribution in [0.5, 0.6) is 11.5 Å². The van der Waals surface area contributed by atoms with Crippen molar-refractivity contribution in [2.75, 3.05) is 12.4 Å². The Balaban J connectivity index is 1.82. The molecule has 1 atom stereocenters. The Bertz CT molecular complexity index is 1350. The fraction of sp³-hybridized carbons (Fsp3) is 0.0952. The molecule has 0 amide bonds. The van der Waals surface area contributed by atoms with Crippen LogP contribution in [0.3, 0.4) is 0 Å². The van der Waals surface area contributed by atoms with Crippen molar-refractivity contribution in [3.8, 4) is 11.5 Å². The number of H-pyrrole nitrogens is 2. The SMILES string of the molecule is COc1ccc([C@H]2C3=C(Nc4[nH]c(=O)[nH]c(=O)c42)c2ccccc2C3=O)cc1O. The van der Waals surface area contributed by atoms with Crippen LogP contribution >= 0.6 is 0 Å². The van der Waals surface area contributed by atoms with Gasteiger partial charge in [-0.2, -0.15) is 0 Å². The van der Waals surface area contributed by atoms with E-state index in [0.717, 1.165) is 0 Å². The first-order valence-electron chi connectivity index (χ1n) is 8.88. The molecule has 1 aromatic heterocycles. The third-order valence-electron chi connectivity index (χ3n) is 5.30. The Morgan fingerprint density at radius 3 is 2.48 bits per heavy atom. The van der Waals surface area contributed by atoms with Gasteiger partial charge in [-0.3, -0.25) is 19.6 Å². The summed E-state index contributed by atoms with van der Waals surface area (Å²) in [5, 5.41) is 13.3. The minimum Gasteiger partial charge on any atom is -0.504 e. The zero-order valence-corrected chi connectivity index (χ0v) is 15.2. The van der Waals surface area contributed by atoms with Crippen LogP contribution in [0.15, 0.2) is 57.6 Å². The summed E-state index contributed by atoms with van der Waals surface area (Å²) in [5.41, 5.74) is 1.61. The molecule has 0 bridgehead atoms. The number of methoxy groups -OCH3 is 1. The molecule has 0 spiro atoms. The second kappa shape index (κ2) is 5.96. The number of allylic oxidation sites excluding steroid dienone is 1. The number of nitrogens with one attached hydrogen (secondary N) is 3. The first-order chi connectivity index (χ1) is 14.0. The molecule has 5 rings (SSSR count). The van der Waals surface area contributed by atoms with Gasteiger partial charge in [0.05, 0.1) is 18.4 Å². The standard InChI is InChI=1S/C21H15N3O5/c1-29-13-7-6-9(8-12(13)25)14-15-17(10-4-2-3-5-11(10)18(15)26)22-19-16(14)20(27)24-21(28)23-19/h2-8,14,25H,1H3,(H3,22,23,24,27,28)/t14-/m0/s1. The van der Waals surface area contributed by atoms with Gasteiger partial charge in [0.2, 0.25) is 0 Å². The lowest BCUT2D eigenvalue weighted by Crippen LogP contribution is -2.33. The van der Waals surface area contributed by atoms with E-state index in [9.17, 15) is 19.5 Å². The fourth-order valence-electron chi connectivity index (χ4n) is 4.07. The number of aromatic amines is 2. The zero-order valence-electron chi connectivity index (χ0n) is 15.2. The molecule has 0 saturated carbocycles. The number of aromatic hydroxyl groups is 1. The highest BCUT2D eigenvalue weighted by Crippen LogP contribution is 2.48. The molecule has 2 aliphatic rings. The van der Waals surface area contributed by atoms with Gasteiger partial charge in [-0.25, -0.2) is 4.79 Å². The Morgan fingerprint density at radius 1 is 1.00 bits per heavy atom. The molecule has 2 aromatic carbocycles. The summed E-state index contributed by atoms with van der Waals surface area (Å²) in [7, 11) is 1.43. The van der Waals surface area contributed by atoms with Gasteiger partial charge in [-0.15, -0.1) is 0 Å². The van der Waals surface area contributed by atoms with Gasteiger partial charge in [-0.05, 0) is 17.7 Å². The van der Waals surface area contributed by atoms with Crippen molar-refractivity contribution in [1.29, 1.82) is 0 Å². The number of phenols is 1. The lowest BCUT2D eigenvalue weighted by molar-refractivity contribution is 0.103. The second-order valence-electron chi connectivity index (χ2n) is 6.85. The maximum absolute atomic E-state index is 13.2. The van der Waals surface area contributed by atoms with Gasteiger partial charge in [0.1, 0.15) is 5.82 Å². The monoisotopic (exact) mass is 389 g/mol. The summed E-state index contributed by atoms with van der Waals surface area (Å²) in [6.45, 7) is 0. The molecule has 4 N–H and O–H groups in total. The van der Waals surface area contributed by atoms with Crippen molar-refractivity contribution in [2.45, 2.75) is 5.92 Å². The van der Waals surface area contributed by atoms with E-state index in [1.54, 1.807) is 30.3 Å². The minimum atomic E-state index is -0.779. The molecule has 8 heteroatoms. The van der Waals surface area contributed by atoms with E-state index < -0.39 is 17.2 Å². The van der Waals surface area contributed by atoms with Crippen LogP contribution in [0.25, 0.3) is 5.70 Å². The summed E-state index contributed by atoms with van der Waals surface area (Å²) < 4.78 is 5.10. The highest BCUT2D eigenvalue weighted by Gasteiger charge is 2.41. The molecule has 2 heterocycles. The third kappa shape index (κ3) is 2.35. The van der Waals surface area contributed by atoms with E-state index in [0.29, 0.717) is 28.0 Å². The van der Waals surface area contributed by atoms with Crippen molar-refractivity contribution >= 4 is 17.3 Å². The normalized spacial score (nSPS) is 16.7. The van der Waals surface area contributed by atoms with Crippen molar-refractivity contribution in [1.82, 2.24) is 9.97 Å². The average molecular weight is 389 g/mol. The third-order valence-corrected chi connectivity index (χ3v) is 5.30. The molecule has 29 heavy (non-hydrogen) atoms. The van der Waals surface area contributed by atoms with Gasteiger partial charge in [-0.1, -0.05) is 30.3 Å². The molecule has 0 fully saturated rings. The summed E-state index contributed by atoms with van der Waals surface area (Å²) in [6, 6.07) is 11.8. The van der Waals surface area contributed by atoms with E-state index in [2.05, 4.69) is 15.3 Å². The fourth-order valence-corrected chi connectivity index (χ4v) is 4.07. The number of aromatic nitrogens is 2.